The summed E-state index contributed by atoms with van der Waals surface area (Å²) >= 11 is 3.09. The van der Waals surface area contributed by atoms with Crippen LogP contribution in [-0.4, -0.2) is 0 Å². The number of rotatable bonds is 0. The Hall–Kier alpha value is 0.346. The molecule has 1 nitrogen and oxygen atoms in total. The van der Waals surface area contributed by atoms with E-state index in [2.05, 4.69) is 12.6 Å². The van der Waals surface area contributed by atoms with E-state index in [0.717, 1.165) is 0 Å². The van der Waals surface area contributed by atoms with Gasteiger partial charge >= 0.3 is 16.8 Å². The van der Waals surface area contributed by atoms with Crippen molar-refractivity contribution in [1.29, 1.82) is 5.26 Å². The Labute approximate surface area is 40.6 Å². The Morgan fingerprint density at radius 3 is 1.75 bits per heavy atom. The van der Waals surface area contributed by atoms with Gasteiger partial charge in [-0.2, -0.15) is 5.26 Å². The van der Waals surface area contributed by atoms with Gasteiger partial charge in [-0.3, -0.25) is 0 Å². The van der Waals surface area contributed by atoms with Crippen molar-refractivity contribution in [2.75, 3.05) is 0 Å². The Morgan fingerprint density at radius 1 is 1.75 bits per heavy atom. The van der Waals surface area contributed by atoms with Crippen LogP contribution in [0.3, 0.4) is 0 Å². The maximum atomic E-state index is 7.18. The van der Waals surface area contributed by atoms with E-state index in [9.17, 15) is 0 Å². The molecule has 0 rings (SSSR count). The Bertz CT molecular complexity index is 29.5. The SMILES string of the molecule is N#CS.[Co+2]. The molecule has 0 unspecified atom stereocenters. The van der Waals surface area contributed by atoms with Gasteiger partial charge in [0.1, 0.15) is 5.40 Å². The molecule has 4 heavy (non-hydrogen) atoms. The molecule has 0 aliphatic heterocycles. The van der Waals surface area contributed by atoms with Gasteiger partial charge in [-0.25, -0.2) is 0 Å². The van der Waals surface area contributed by atoms with Gasteiger partial charge in [0.15, 0.2) is 0 Å². The number of nitriles is 1. The molecule has 0 amide bonds. The molecule has 1 radical (unpaired) electrons. The van der Waals surface area contributed by atoms with E-state index in [1.807, 2.05) is 0 Å². The monoisotopic (exact) mass is 118 g/mol. The van der Waals surface area contributed by atoms with Gasteiger partial charge in [0.2, 0.25) is 0 Å². The minimum atomic E-state index is 0. The number of hydrogen-bond acceptors (Lipinski definition) is 2. The quantitative estimate of drug-likeness (QED) is 0.361. The van der Waals surface area contributed by atoms with Crippen LogP contribution in [0.1, 0.15) is 0 Å². The first-order valence-electron chi connectivity index (χ1n) is 0.447. The molecule has 23 valence electrons. The fourth-order valence-electron chi connectivity index (χ4n) is 0. The molecule has 0 saturated carbocycles. The van der Waals surface area contributed by atoms with Crippen LogP contribution >= 0.6 is 12.6 Å². The maximum Gasteiger partial charge on any atom is 2.00 e. The molecule has 0 heterocycles. The zero-order valence-corrected chi connectivity index (χ0v) is 3.66. The van der Waals surface area contributed by atoms with Crippen LogP contribution < -0.4 is 0 Å². The molecule has 0 bridgehead atoms. The van der Waals surface area contributed by atoms with E-state index in [0.29, 0.717) is 0 Å². The Balaban J connectivity index is 0. The summed E-state index contributed by atoms with van der Waals surface area (Å²) in [4.78, 5) is 0. The molecule has 0 spiro atoms. The second-order valence-corrected chi connectivity index (χ2v) is 0.300. The number of thiocyanates is 1. The summed E-state index contributed by atoms with van der Waals surface area (Å²) in [7, 11) is 0. The van der Waals surface area contributed by atoms with Gasteiger partial charge in [0.25, 0.3) is 0 Å². The van der Waals surface area contributed by atoms with E-state index < -0.39 is 0 Å². The zero-order valence-electron chi connectivity index (χ0n) is 1.73. The van der Waals surface area contributed by atoms with Gasteiger partial charge in [0, 0.05) is 0 Å². The second kappa shape index (κ2) is 10.2. The molecule has 0 aromatic heterocycles. The van der Waals surface area contributed by atoms with Crippen LogP contribution in [-0.2, 0) is 16.8 Å². The first-order valence-corrected chi connectivity index (χ1v) is 0.894. The third-order valence-corrected chi connectivity index (χ3v) is 0. The standard InChI is InChI=1S/CHNS.Co/c2-1-3;/h3H;/q;+2. The summed E-state index contributed by atoms with van der Waals surface area (Å²) in [6, 6.07) is 0. The van der Waals surface area contributed by atoms with Crippen molar-refractivity contribution >= 4 is 12.6 Å². The van der Waals surface area contributed by atoms with Crippen LogP contribution in [0.2, 0.25) is 0 Å². The molecule has 0 aromatic carbocycles. The first-order chi connectivity index (χ1) is 1.41. The van der Waals surface area contributed by atoms with E-state index in [1.54, 1.807) is 0 Å². The Kier molecular flexibility index (Phi) is 22.5. The summed E-state index contributed by atoms with van der Waals surface area (Å²) in [5.41, 5.74) is 0. The van der Waals surface area contributed by atoms with Crippen LogP contribution in [0.15, 0.2) is 0 Å². The van der Waals surface area contributed by atoms with E-state index in [-0.39, 0.29) is 16.8 Å². The smallest absolute Gasteiger partial charge is 0.185 e. The van der Waals surface area contributed by atoms with Crippen molar-refractivity contribution in [3.63, 3.8) is 0 Å². The van der Waals surface area contributed by atoms with Crippen molar-refractivity contribution in [2.24, 2.45) is 0 Å². The number of hydrogen-bond donors (Lipinski definition) is 1. The fourth-order valence-corrected chi connectivity index (χ4v) is 0. The van der Waals surface area contributed by atoms with Crippen molar-refractivity contribution < 1.29 is 16.8 Å². The van der Waals surface area contributed by atoms with Crippen LogP contribution in [0.25, 0.3) is 0 Å². The molecular formula is CHCoNS+2. The molecule has 0 aliphatic carbocycles. The van der Waals surface area contributed by atoms with Gasteiger partial charge in [-0.1, -0.05) is 12.6 Å². The first kappa shape index (κ1) is 8.84. The van der Waals surface area contributed by atoms with Crippen LogP contribution in [0.4, 0.5) is 0 Å². The van der Waals surface area contributed by atoms with Crippen molar-refractivity contribution in [3.05, 3.63) is 0 Å². The molecule has 0 N–H and O–H groups in total. The average molecular weight is 118 g/mol. The van der Waals surface area contributed by atoms with E-state index >= 15 is 0 Å². The predicted octanol–water partition coefficient (Wildman–Crippen LogP) is 0.395. The molecule has 3 heteroatoms. The van der Waals surface area contributed by atoms with E-state index in [4.69, 9.17) is 5.26 Å². The summed E-state index contributed by atoms with van der Waals surface area (Å²) in [5, 5.41) is 8.63. The van der Waals surface area contributed by atoms with Crippen molar-refractivity contribution in [2.45, 2.75) is 0 Å². The number of nitrogens with zero attached hydrogens (tertiary/aromatic N) is 1. The van der Waals surface area contributed by atoms with Crippen molar-refractivity contribution in [3.8, 4) is 5.40 Å². The molecule has 0 aromatic rings. The molecule has 0 saturated heterocycles. The molecular weight excluding hydrogens is 117 g/mol. The van der Waals surface area contributed by atoms with Crippen LogP contribution in [0, 0.1) is 10.7 Å². The van der Waals surface area contributed by atoms with Gasteiger partial charge < -0.3 is 0 Å². The van der Waals surface area contributed by atoms with E-state index in [1.165, 1.54) is 5.40 Å². The fraction of sp³-hybridized carbons (Fsp3) is 0. The largest absolute Gasteiger partial charge is 2.00 e. The summed E-state index contributed by atoms with van der Waals surface area (Å²) in [5.74, 6) is 0. The number of thiol groups is 1. The molecule has 0 aliphatic rings. The normalized spacial score (nSPS) is 2.00. The van der Waals surface area contributed by atoms with Gasteiger partial charge in [-0.05, 0) is 0 Å². The van der Waals surface area contributed by atoms with Gasteiger partial charge in [-0.15, -0.1) is 0 Å². The minimum Gasteiger partial charge on any atom is -0.185 e. The average Bonchev–Trinajstić information content (AvgIpc) is 0.918. The van der Waals surface area contributed by atoms with Gasteiger partial charge in [0.05, 0.1) is 0 Å². The Morgan fingerprint density at radius 2 is 1.75 bits per heavy atom. The van der Waals surface area contributed by atoms with Crippen LogP contribution in [0.5, 0.6) is 0 Å². The van der Waals surface area contributed by atoms with Crippen molar-refractivity contribution in [1.82, 2.24) is 0 Å². The topological polar surface area (TPSA) is 23.8 Å². The maximum absolute atomic E-state index is 7.18. The zero-order chi connectivity index (χ0) is 2.71. The summed E-state index contributed by atoms with van der Waals surface area (Å²) in [6.45, 7) is 0. The minimum absolute atomic E-state index is 0. The second-order valence-electron chi connectivity index (χ2n) is 0.100. The summed E-state index contributed by atoms with van der Waals surface area (Å²) < 4.78 is 0. The molecule has 0 atom stereocenters. The third kappa shape index (κ3) is 35.4. The molecule has 0 fully saturated rings. The third-order valence-electron chi connectivity index (χ3n) is 0. The summed E-state index contributed by atoms with van der Waals surface area (Å²) in [6.07, 6.45) is 0. The predicted molar refractivity (Wildman–Crippen MR) is 14.6 cm³/mol.